The molecule has 1 spiro atoms. The Morgan fingerprint density at radius 3 is 2.10 bits per heavy atom. The molecule has 62 heavy (non-hydrogen) atoms. The predicted octanol–water partition coefficient (Wildman–Crippen LogP) is 7.60. The minimum Gasteiger partial charge on any atom is -0.390 e. The minimum absolute atomic E-state index is 0. The highest BCUT2D eigenvalue weighted by Crippen LogP contribution is 2.53. The zero-order valence-corrected chi connectivity index (χ0v) is 38.1. The predicted molar refractivity (Wildman–Crippen MR) is 244 cm³/mol. The van der Waals surface area contributed by atoms with E-state index in [0.717, 1.165) is 95.8 Å². The van der Waals surface area contributed by atoms with Crippen molar-refractivity contribution in [2.24, 2.45) is 11.3 Å². The molecule has 0 radical (unpaired) electrons. The average molecular weight is 894 g/mol. The molecular weight excluding hydrogens is 828 g/mol. The molecule has 1 atom stereocenters. The molecular formula is C47H65ClN6O7S. The Hall–Kier alpha value is -3.79. The van der Waals surface area contributed by atoms with Crippen LogP contribution in [0.25, 0.3) is 0 Å². The summed E-state index contributed by atoms with van der Waals surface area (Å²) in [7, 11) is -4.40. The third kappa shape index (κ3) is 10.3. The van der Waals surface area contributed by atoms with Crippen molar-refractivity contribution in [1.82, 2.24) is 14.5 Å². The maximum Gasteiger partial charge on any atom is 0.293 e. The van der Waals surface area contributed by atoms with Crippen LogP contribution < -0.4 is 14.9 Å². The molecule has 2 saturated heterocycles. The topological polar surface area (TPSA) is 169 Å². The molecule has 0 unspecified atom stereocenters. The Morgan fingerprint density at radius 2 is 1.47 bits per heavy atom. The van der Waals surface area contributed by atoms with Gasteiger partial charge >= 0.3 is 0 Å². The van der Waals surface area contributed by atoms with E-state index in [1.165, 1.54) is 36.1 Å². The van der Waals surface area contributed by atoms with E-state index in [2.05, 4.69) is 55.9 Å². The molecule has 0 bridgehead atoms. The van der Waals surface area contributed by atoms with Gasteiger partial charge in [0.15, 0.2) is 0 Å². The zero-order chi connectivity index (χ0) is 43.2. The lowest BCUT2D eigenvalue weighted by Gasteiger charge is -2.59. The summed E-state index contributed by atoms with van der Waals surface area (Å²) in [6.07, 6.45) is 11.4. The number of benzene rings is 3. The zero-order valence-electron chi connectivity index (χ0n) is 36.4. The van der Waals surface area contributed by atoms with Crippen molar-refractivity contribution in [3.63, 3.8) is 0 Å². The Morgan fingerprint density at radius 1 is 0.839 bits per heavy atom. The minimum atomic E-state index is -4.40. The third-order valence-corrected chi connectivity index (χ3v) is 16.5. The molecule has 15 heteroatoms. The molecule has 13 nitrogen and oxygen atoms in total. The van der Waals surface area contributed by atoms with E-state index >= 15 is 0 Å². The number of hydrogen-bond acceptors (Lipinski definition) is 11. The van der Waals surface area contributed by atoms with Crippen molar-refractivity contribution in [3.8, 4) is 0 Å². The maximum absolute atomic E-state index is 13.3. The largest absolute Gasteiger partial charge is 0.390 e. The number of rotatable bonds is 11. The van der Waals surface area contributed by atoms with Gasteiger partial charge in [0.2, 0.25) is 0 Å². The van der Waals surface area contributed by atoms with Gasteiger partial charge in [-0.3, -0.25) is 24.7 Å². The first-order chi connectivity index (χ1) is 29.0. The molecule has 5 fully saturated rings. The normalized spacial score (nSPS) is 28.4. The highest BCUT2D eigenvalue weighted by atomic mass is 35.5. The number of nitro groups is 1. The number of anilines is 2. The Kier molecular flexibility index (Phi) is 13.7. The number of halogens is 1. The summed E-state index contributed by atoms with van der Waals surface area (Å²) >= 11 is 0. The lowest BCUT2D eigenvalue weighted by atomic mass is 9.59. The van der Waals surface area contributed by atoms with Gasteiger partial charge in [-0.05, 0) is 157 Å². The number of amides is 1. The van der Waals surface area contributed by atoms with Gasteiger partial charge in [0.25, 0.3) is 21.6 Å². The second kappa shape index (κ2) is 18.4. The van der Waals surface area contributed by atoms with Crippen molar-refractivity contribution < 1.29 is 28.3 Å². The van der Waals surface area contributed by atoms with Crippen LogP contribution in [-0.4, -0.2) is 102 Å². The monoisotopic (exact) mass is 892 g/mol. The molecule has 3 aromatic rings. The van der Waals surface area contributed by atoms with Gasteiger partial charge in [0.05, 0.1) is 21.0 Å². The van der Waals surface area contributed by atoms with E-state index in [4.69, 9.17) is 0 Å². The summed E-state index contributed by atoms with van der Waals surface area (Å²) in [6, 6.07) is 20.9. The van der Waals surface area contributed by atoms with Gasteiger partial charge in [0.1, 0.15) is 5.69 Å². The van der Waals surface area contributed by atoms with Gasteiger partial charge in [-0.1, -0.05) is 24.3 Å². The number of carbonyl (C=O) groups excluding carboxylic acids is 1. The number of aryl methyl sites for hydroxylation is 1. The quantitative estimate of drug-likeness (QED) is 0.111. The van der Waals surface area contributed by atoms with Crippen molar-refractivity contribution in [2.75, 3.05) is 49.5 Å². The fraction of sp³-hybridized carbons (Fsp3) is 0.596. The van der Waals surface area contributed by atoms with Crippen LogP contribution in [0.1, 0.15) is 118 Å². The van der Waals surface area contributed by atoms with Crippen molar-refractivity contribution in [1.29, 1.82) is 0 Å². The van der Waals surface area contributed by atoms with E-state index in [1.807, 2.05) is 26.0 Å². The second-order valence-electron chi connectivity index (χ2n) is 19.6. The molecule has 338 valence electrons. The molecule has 5 aliphatic rings. The number of piperazine rings is 1. The summed E-state index contributed by atoms with van der Waals surface area (Å²) < 4.78 is 28.7. The van der Waals surface area contributed by atoms with Crippen molar-refractivity contribution >= 4 is 45.4 Å². The highest BCUT2D eigenvalue weighted by Gasteiger charge is 2.50. The summed E-state index contributed by atoms with van der Waals surface area (Å²) in [5, 5.41) is 35.9. The van der Waals surface area contributed by atoms with Crippen LogP contribution in [0.3, 0.4) is 0 Å². The van der Waals surface area contributed by atoms with Crippen LogP contribution in [0.15, 0.2) is 71.6 Å². The van der Waals surface area contributed by atoms with E-state index in [1.54, 1.807) is 12.1 Å². The second-order valence-corrected chi connectivity index (χ2v) is 21.3. The molecule has 3 aliphatic carbocycles. The summed E-state index contributed by atoms with van der Waals surface area (Å²) in [6.45, 7) is 11.5. The molecule has 1 amide bonds. The van der Waals surface area contributed by atoms with E-state index in [-0.39, 0.29) is 40.2 Å². The molecule has 0 aromatic heterocycles. The van der Waals surface area contributed by atoms with Gasteiger partial charge in [0, 0.05) is 74.7 Å². The number of nitrogens with one attached hydrogen (secondary N) is 2. The van der Waals surface area contributed by atoms with Gasteiger partial charge < -0.3 is 20.4 Å². The smallest absolute Gasteiger partial charge is 0.293 e. The number of aliphatic hydroxyl groups is 2. The first kappa shape index (κ1) is 46.2. The van der Waals surface area contributed by atoms with Crippen LogP contribution in [0.2, 0.25) is 0 Å². The van der Waals surface area contributed by atoms with Gasteiger partial charge in [-0.2, -0.15) is 0 Å². The Bertz CT molecular complexity index is 2170. The molecule has 3 saturated carbocycles. The van der Waals surface area contributed by atoms with Gasteiger partial charge in [-0.15, -0.1) is 12.4 Å². The van der Waals surface area contributed by atoms with Crippen LogP contribution in [0.5, 0.6) is 0 Å². The summed E-state index contributed by atoms with van der Waals surface area (Å²) in [5.41, 5.74) is 2.90. The highest BCUT2D eigenvalue weighted by molar-refractivity contribution is 7.90. The number of carbonyl (C=O) groups is 1. The number of sulfonamides is 1. The third-order valence-electron chi connectivity index (χ3n) is 15.1. The van der Waals surface area contributed by atoms with E-state index in [9.17, 15) is 33.5 Å². The van der Waals surface area contributed by atoms with Crippen LogP contribution >= 0.6 is 12.4 Å². The Balaban J connectivity index is 0.00000578. The number of hydrogen-bond donors (Lipinski definition) is 4. The summed E-state index contributed by atoms with van der Waals surface area (Å²) in [4.78, 5) is 32.0. The summed E-state index contributed by atoms with van der Waals surface area (Å²) in [5.74, 6) is -0.570. The SMILES string of the molecule is Cc1ccccc1[C@@H]1CN(C2CCC(C)(O)CC2)CCN1C1CC2(CCN(c3ccc(C(=O)NS(=O)(=O)c4ccc(NCC5CCC(C)(O)CC5)c([N+](=O)[O-])c4)cc3)CC2)C1.Cl. The van der Waals surface area contributed by atoms with Crippen molar-refractivity contribution in [3.05, 3.63) is 93.5 Å². The first-order valence-electron chi connectivity index (χ1n) is 22.4. The van der Waals surface area contributed by atoms with Crippen LogP contribution in [0, 0.1) is 28.4 Å². The Labute approximate surface area is 373 Å². The molecule has 8 rings (SSSR count). The average Bonchev–Trinajstić information content (AvgIpc) is 3.22. The lowest BCUT2D eigenvalue weighted by molar-refractivity contribution is -0.384. The number of piperidine rings is 1. The van der Waals surface area contributed by atoms with E-state index in [0.29, 0.717) is 42.9 Å². The fourth-order valence-corrected chi connectivity index (χ4v) is 12.0. The fourth-order valence-electron chi connectivity index (χ4n) is 11.0. The molecule has 4 N–H and O–H groups in total. The molecule has 3 aromatic carbocycles. The first-order valence-corrected chi connectivity index (χ1v) is 23.9. The molecule has 2 aliphatic heterocycles. The van der Waals surface area contributed by atoms with Crippen LogP contribution in [-0.2, 0) is 10.0 Å². The van der Waals surface area contributed by atoms with E-state index < -0.39 is 32.1 Å². The van der Waals surface area contributed by atoms with Crippen molar-refractivity contribution in [2.45, 2.75) is 132 Å². The molecule has 2 heterocycles. The standard InChI is InChI=1S/C47H64N6O7S.ClH/c1-33-6-4-5-7-40(33)43-32-51(37-16-20-46(3,56)21-17-37)26-27-52(43)38-29-47(30-38)22-24-50(25-23-47)36-10-8-35(9-11-36)44(54)49-61(59,60)39-12-13-41(42(28-39)53(57)58)48-31-34-14-18-45(2,55)19-15-34;/h4-13,28,34,37-38,43,48,55-56H,14-27,29-32H2,1-3H3,(H,49,54);1H/t34?,37?,43-,45?,46?;/m0./s1. The van der Waals surface area contributed by atoms with Gasteiger partial charge in [-0.25, -0.2) is 13.1 Å². The van der Waals surface area contributed by atoms with Crippen LogP contribution in [0.4, 0.5) is 17.1 Å². The number of nitro benzene ring substituents is 1. The lowest BCUT2D eigenvalue weighted by Crippen LogP contribution is -2.61. The maximum atomic E-state index is 13.3. The number of nitrogens with zero attached hydrogens (tertiary/aromatic N) is 4.